The van der Waals surface area contributed by atoms with Crippen LogP contribution in [0.3, 0.4) is 0 Å². The number of nitrogen functional groups attached to an aromatic ring is 1. The quantitative estimate of drug-likeness (QED) is 0.469. The summed E-state index contributed by atoms with van der Waals surface area (Å²) in [4.78, 5) is 20.2. The molecule has 2 amide bonds. The van der Waals surface area contributed by atoms with Crippen LogP contribution in [0.25, 0.3) is 0 Å². The Morgan fingerprint density at radius 2 is 1.50 bits per heavy atom. The minimum atomic E-state index is -0.148. The van der Waals surface area contributed by atoms with E-state index in [1.165, 1.54) is 0 Å². The van der Waals surface area contributed by atoms with Crippen molar-refractivity contribution in [1.82, 2.24) is 5.32 Å². The van der Waals surface area contributed by atoms with Crippen molar-refractivity contribution in [3.8, 4) is 0 Å². The third kappa shape index (κ3) is 3.71. The molecule has 3 N–H and O–H groups in total. The summed E-state index contributed by atoms with van der Waals surface area (Å²) in [6.07, 6.45) is 0.748. The van der Waals surface area contributed by atoms with Crippen LogP contribution in [0.5, 0.6) is 0 Å². The number of anilines is 1. The number of nitrogens with two attached hydrogens (primary N) is 1. The van der Waals surface area contributed by atoms with Crippen molar-refractivity contribution in [3.63, 3.8) is 0 Å². The minimum absolute atomic E-state index is 0.148. The largest absolute Gasteiger partial charge is 0.399 e. The number of carbonyl (C=O) groups is 2. The Hall–Kier alpha value is -1.84. The van der Waals surface area contributed by atoms with E-state index < -0.39 is 0 Å². The average Bonchev–Trinajstić information content (AvgIpc) is 2.52. The van der Waals surface area contributed by atoms with Gasteiger partial charge in [0.15, 0.2) is 0 Å². The van der Waals surface area contributed by atoms with Crippen LogP contribution in [-0.2, 0) is 9.59 Å². The summed E-state index contributed by atoms with van der Waals surface area (Å²) in [7, 11) is 0. The van der Waals surface area contributed by atoms with Crippen molar-refractivity contribution in [2.24, 2.45) is 0 Å². The molecule has 1 fully saturated rings. The van der Waals surface area contributed by atoms with Crippen LogP contribution < -0.4 is 11.1 Å². The second-order valence-corrected chi connectivity index (χ2v) is 2.88. The number of hydrogen-bond donors (Lipinski definition) is 2. The number of amides is 2. The molecule has 0 atom stereocenters. The van der Waals surface area contributed by atoms with Gasteiger partial charge in [0.05, 0.1) is 0 Å². The molecule has 1 aromatic rings. The zero-order valence-corrected chi connectivity index (χ0v) is 7.69. The van der Waals surface area contributed by atoms with E-state index in [9.17, 15) is 9.59 Å². The lowest BCUT2D eigenvalue weighted by atomic mass is 10.3. The fourth-order valence-corrected chi connectivity index (χ4v) is 0.961. The predicted molar refractivity (Wildman–Crippen MR) is 53.2 cm³/mol. The van der Waals surface area contributed by atoms with Gasteiger partial charge in [0, 0.05) is 18.5 Å². The van der Waals surface area contributed by atoms with Crippen LogP contribution in [0.1, 0.15) is 12.8 Å². The second-order valence-electron chi connectivity index (χ2n) is 2.88. The Kier molecular flexibility index (Phi) is 3.67. The molecule has 1 aromatic carbocycles. The zero-order valence-electron chi connectivity index (χ0n) is 7.69. The smallest absolute Gasteiger partial charge is 0.227 e. The average molecular weight is 192 g/mol. The molecule has 0 radical (unpaired) electrons. The van der Waals surface area contributed by atoms with Gasteiger partial charge in [-0.15, -0.1) is 0 Å². The Bertz CT molecular complexity index is 308. The lowest BCUT2D eigenvalue weighted by molar-refractivity contribution is -0.124. The zero-order chi connectivity index (χ0) is 10.4. The van der Waals surface area contributed by atoms with Crippen LogP contribution >= 0.6 is 0 Å². The fourth-order valence-electron chi connectivity index (χ4n) is 0.961. The number of nitrogens with one attached hydrogen (secondary N) is 1. The molecule has 1 aliphatic rings. The third-order valence-electron chi connectivity index (χ3n) is 1.66. The molecule has 1 heterocycles. The van der Waals surface area contributed by atoms with Crippen molar-refractivity contribution in [2.45, 2.75) is 12.8 Å². The first-order chi connectivity index (χ1) is 6.68. The maximum Gasteiger partial charge on any atom is 0.227 e. The maximum absolute atomic E-state index is 10.1. The molecule has 1 aliphatic heterocycles. The number of rotatable bonds is 0. The molecule has 0 saturated carbocycles. The van der Waals surface area contributed by atoms with Crippen LogP contribution in [-0.4, -0.2) is 11.8 Å². The molecule has 1 saturated heterocycles. The van der Waals surface area contributed by atoms with E-state index >= 15 is 0 Å². The summed E-state index contributed by atoms with van der Waals surface area (Å²) in [5, 5.41) is 2.14. The highest BCUT2D eigenvalue weighted by molar-refractivity contribution is 6.01. The Balaban J connectivity index is 0.000000140. The number of imide groups is 1. The Morgan fingerprint density at radius 1 is 1.00 bits per heavy atom. The summed E-state index contributed by atoms with van der Waals surface area (Å²) >= 11 is 0. The predicted octanol–water partition coefficient (Wildman–Crippen LogP) is 0.692. The van der Waals surface area contributed by atoms with E-state index in [0.717, 1.165) is 5.69 Å². The number of hydrogen-bond acceptors (Lipinski definition) is 3. The summed E-state index contributed by atoms with van der Waals surface area (Å²) in [6, 6.07) is 9.49. The second kappa shape index (κ2) is 5.01. The van der Waals surface area contributed by atoms with Gasteiger partial charge >= 0.3 is 0 Å². The monoisotopic (exact) mass is 192 g/mol. The molecule has 74 valence electrons. The standard InChI is InChI=1S/C6H7N.C4H5NO2/c7-6-4-2-1-3-5-6;6-3-1-2-4(7)5-3/h1-5H,7H2;1-2H2,(H,5,6,7). The van der Waals surface area contributed by atoms with Crippen LogP contribution in [0.15, 0.2) is 30.3 Å². The molecule has 0 aliphatic carbocycles. The van der Waals surface area contributed by atoms with Gasteiger partial charge in [-0.2, -0.15) is 0 Å². The molecule has 0 bridgehead atoms. The van der Waals surface area contributed by atoms with Gasteiger partial charge in [0.25, 0.3) is 0 Å². The fraction of sp³-hybridized carbons (Fsp3) is 0.200. The van der Waals surface area contributed by atoms with Crippen molar-refractivity contribution >= 4 is 17.5 Å². The molecule has 2 rings (SSSR count). The van der Waals surface area contributed by atoms with Crippen LogP contribution in [0.4, 0.5) is 5.69 Å². The highest BCUT2D eigenvalue weighted by atomic mass is 16.2. The number of carbonyl (C=O) groups excluding carboxylic acids is 2. The summed E-state index contributed by atoms with van der Waals surface area (Å²) in [5.41, 5.74) is 6.18. The van der Waals surface area contributed by atoms with Gasteiger partial charge in [-0.25, -0.2) is 0 Å². The summed E-state index contributed by atoms with van der Waals surface area (Å²) in [5.74, 6) is -0.296. The van der Waals surface area contributed by atoms with Crippen molar-refractivity contribution < 1.29 is 9.59 Å². The van der Waals surface area contributed by atoms with Gasteiger partial charge in [-0.3, -0.25) is 14.9 Å². The molecule has 0 unspecified atom stereocenters. The number of benzene rings is 1. The topological polar surface area (TPSA) is 72.2 Å². The van der Waals surface area contributed by atoms with E-state index in [4.69, 9.17) is 5.73 Å². The molecule has 14 heavy (non-hydrogen) atoms. The summed E-state index contributed by atoms with van der Waals surface area (Å²) in [6.45, 7) is 0. The molecule has 0 aromatic heterocycles. The first-order valence-corrected chi connectivity index (χ1v) is 4.31. The van der Waals surface area contributed by atoms with E-state index in [2.05, 4.69) is 5.32 Å². The van der Waals surface area contributed by atoms with Crippen LogP contribution in [0.2, 0.25) is 0 Å². The Labute approximate surface area is 82.1 Å². The third-order valence-corrected chi connectivity index (χ3v) is 1.66. The summed E-state index contributed by atoms with van der Waals surface area (Å²) < 4.78 is 0. The van der Waals surface area contributed by atoms with Crippen molar-refractivity contribution in [2.75, 3.05) is 5.73 Å². The highest BCUT2D eigenvalue weighted by Gasteiger charge is 2.15. The van der Waals surface area contributed by atoms with Gasteiger partial charge in [0.1, 0.15) is 0 Å². The van der Waals surface area contributed by atoms with Crippen LogP contribution in [0, 0.1) is 0 Å². The molecule has 4 nitrogen and oxygen atoms in total. The van der Waals surface area contributed by atoms with E-state index in [1.807, 2.05) is 30.3 Å². The molecule has 0 spiro atoms. The number of para-hydroxylation sites is 1. The van der Waals surface area contributed by atoms with Gasteiger partial charge in [-0.05, 0) is 12.1 Å². The normalized spacial score (nSPS) is 14.3. The van der Waals surface area contributed by atoms with Crippen molar-refractivity contribution in [3.05, 3.63) is 30.3 Å². The minimum Gasteiger partial charge on any atom is -0.399 e. The SMILES string of the molecule is Nc1ccccc1.O=C1CCC(=O)N1. The maximum atomic E-state index is 10.1. The molecular formula is C10H12N2O2. The lowest BCUT2D eigenvalue weighted by Gasteiger charge is -1.83. The van der Waals surface area contributed by atoms with Crippen molar-refractivity contribution in [1.29, 1.82) is 0 Å². The highest BCUT2D eigenvalue weighted by Crippen LogP contribution is 1.96. The van der Waals surface area contributed by atoms with E-state index in [-0.39, 0.29) is 11.8 Å². The van der Waals surface area contributed by atoms with Gasteiger partial charge in [-0.1, -0.05) is 18.2 Å². The first kappa shape index (κ1) is 10.2. The Morgan fingerprint density at radius 3 is 1.71 bits per heavy atom. The van der Waals surface area contributed by atoms with Gasteiger partial charge < -0.3 is 5.73 Å². The van der Waals surface area contributed by atoms with Gasteiger partial charge in [0.2, 0.25) is 11.8 Å². The van der Waals surface area contributed by atoms with E-state index in [0.29, 0.717) is 12.8 Å². The lowest BCUT2D eigenvalue weighted by Crippen LogP contribution is -2.18. The first-order valence-electron chi connectivity index (χ1n) is 4.31. The van der Waals surface area contributed by atoms with E-state index in [1.54, 1.807) is 0 Å². The molecule has 4 heteroatoms. The molecular weight excluding hydrogens is 180 g/mol.